The minimum atomic E-state index is -0.296. The van der Waals surface area contributed by atoms with Gasteiger partial charge in [-0.15, -0.1) is 22.0 Å². The van der Waals surface area contributed by atoms with E-state index in [1.54, 1.807) is 28.2 Å². The standard InChI is InChI=1S/C31H35N7OS2/c1-20(2)29-35-34-26-12-9-13-28(37(26)29)41-24-11-8-7-10-21(24)19-32-30(39)33-27-18-25(31(3,4)5)36-38(27)22-14-16-23(40-6)17-15-22/h7-18,20H,19H2,1-6H3,(H2,32,33,39). The summed E-state index contributed by atoms with van der Waals surface area (Å²) in [5.41, 5.74) is 3.45. The fourth-order valence-corrected chi connectivity index (χ4v) is 5.82. The van der Waals surface area contributed by atoms with E-state index < -0.39 is 0 Å². The SMILES string of the molecule is CSc1ccc(-n2nc(C(C)(C)C)cc2NC(=O)NCc2ccccc2Sc2cccc3nnc(C(C)C)n23)cc1. The molecule has 3 heterocycles. The van der Waals surface area contributed by atoms with Crippen LogP contribution >= 0.6 is 23.5 Å². The van der Waals surface area contributed by atoms with Crippen LogP contribution in [-0.4, -0.2) is 36.7 Å². The van der Waals surface area contributed by atoms with E-state index in [0.717, 1.165) is 38.3 Å². The number of nitrogens with zero attached hydrogens (tertiary/aromatic N) is 5. The average molecular weight is 586 g/mol. The molecule has 212 valence electrons. The first-order valence-corrected chi connectivity index (χ1v) is 15.6. The summed E-state index contributed by atoms with van der Waals surface area (Å²) in [4.78, 5) is 15.4. The number of carbonyl (C=O) groups is 1. The zero-order chi connectivity index (χ0) is 29.1. The largest absolute Gasteiger partial charge is 0.334 e. The van der Waals surface area contributed by atoms with Crippen molar-refractivity contribution in [3.05, 3.63) is 89.9 Å². The van der Waals surface area contributed by atoms with Crippen molar-refractivity contribution in [2.24, 2.45) is 0 Å². The van der Waals surface area contributed by atoms with Crippen molar-refractivity contribution in [3.8, 4) is 5.69 Å². The molecule has 2 N–H and O–H groups in total. The summed E-state index contributed by atoms with van der Waals surface area (Å²) >= 11 is 3.33. The molecule has 0 aliphatic heterocycles. The van der Waals surface area contributed by atoms with Gasteiger partial charge in [0.1, 0.15) is 11.6 Å². The van der Waals surface area contributed by atoms with Crippen molar-refractivity contribution in [2.45, 2.75) is 67.3 Å². The van der Waals surface area contributed by atoms with E-state index in [0.29, 0.717) is 12.4 Å². The number of carbonyl (C=O) groups excluding carboxylic acids is 1. The zero-order valence-electron chi connectivity index (χ0n) is 24.2. The average Bonchev–Trinajstić information content (AvgIpc) is 3.58. The van der Waals surface area contributed by atoms with E-state index in [9.17, 15) is 4.79 Å². The highest BCUT2D eigenvalue weighted by molar-refractivity contribution is 7.99. The molecule has 0 aliphatic rings. The van der Waals surface area contributed by atoms with Gasteiger partial charge < -0.3 is 5.32 Å². The normalized spacial score (nSPS) is 11.8. The maximum Gasteiger partial charge on any atom is 0.320 e. The molecule has 0 fully saturated rings. The van der Waals surface area contributed by atoms with Gasteiger partial charge in [0, 0.05) is 33.7 Å². The molecule has 5 aromatic rings. The molecular formula is C31H35N7OS2. The van der Waals surface area contributed by atoms with Crippen LogP contribution in [-0.2, 0) is 12.0 Å². The zero-order valence-corrected chi connectivity index (χ0v) is 25.8. The maximum atomic E-state index is 13.2. The highest BCUT2D eigenvalue weighted by Gasteiger charge is 2.22. The number of fused-ring (bicyclic) bond motifs is 1. The van der Waals surface area contributed by atoms with Gasteiger partial charge in [-0.05, 0) is 54.3 Å². The van der Waals surface area contributed by atoms with E-state index in [1.807, 2.05) is 54.8 Å². The highest BCUT2D eigenvalue weighted by atomic mass is 32.2. The van der Waals surface area contributed by atoms with Gasteiger partial charge in [-0.3, -0.25) is 9.72 Å². The molecule has 0 aliphatic carbocycles. The summed E-state index contributed by atoms with van der Waals surface area (Å²) in [6.07, 6.45) is 2.05. The van der Waals surface area contributed by atoms with Crippen molar-refractivity contribution < 1.29 is 4.79 Å². The summed E-state index contributed by atoms with van der Waals surface area (Å²) in [6.45, 7) is 10.9. The topological polar surface area (TPSA) is 89.1 Å². The summed E-state index contributed by atoms with van der Waals surface area (Å²) in [5, 5.41) is 20.7. The number of urea groups is 1. The molecule has 0 saturated carbocycles. The van der Waals surface area contributed by atoms with Crippen LogP contribution in [0.3, 0.4) is 0 Å². The summed E-state index contributed by atoms with van der Waals surface area (Å²) in [7, 11) is 0. The molecule has 2 amide bonds. The minimum absolute atomic E-state index is 0.170. The number of aromatic nitrogens is 5. The van der Waals surface area contributed by atoms with Crippen LogP contribution in [0.25, 0.3) is 11.3 Å². The molecule has 2 aromatic carbocycles. The van der Waals surface area contributed by atoms with Crippen molar-refractivity contribution in [1.82, 2.24) is 29.7 Å². The molecule has 0 atom stereocenters. The first-order valence-electron chi connectivity index (χ1n) is 13.5. The van der Waals surface area contributed by atoms with Gasteiger partial charge in [-0.25, -0.2) is 9.48 Å². The Labute approximate surface area is 249 Å². The molecule has 10 heteroatoms. The van der Waals surface area contributed by atoms with Gasteiger partial charge in [0.2, 0.25) is 0 Å². The first kappa shape index (κ1) is 28.8. The Balaban J connectivity index is 1.34. The fourth-order valence-electron chi connectivity index (χ4n) is 4.34. The monoisotopic (exact) mass is 585 g/mol. The molecule has 0 bridgehead atoms. The Kier molecular flexibility index (Phi) is 8.42. The quantitative estimate of drug-likeness (QED) is 0.183. The lowest BCUT2D eigenvalue weighted by Gasteiger charge is -2.14. The summed E-state index contributed by atoms with van der Waals surface area (Å²) in [6, 6.07) is 23.9. The number of hydrogen-bond donors (Lipinski definition) is 2. The predicted molar refractivity (Wildman–Crippen MR) is 168 cm³/mol. The number of benzene rings is 2. The van der Waals surface area contributed by atoms with Crippen molar-refractivity contribution in [1.29, 1.82) is 0 Å². The molecule has 41 heavy (non-hydrogen) atoms. The molecule has 5 rings (SSSR count). The van der Waals surface area contributed by atoms with Gasteiger partial charge in [0.15, 0.2) is 5.65 Å². The molecule has 0 spiro atoms. The minimum Gasteiger partial charge on any atom is -0.334 e. The lowest BCUT2D eigenvalue weighted by atomic mass is 9.92. The van der Waals surface area contributed by atoms with Gasteiger partial charge in [-0.2, -0.15) is 5.10 Å². The Bertz CT molecular complexity index is 1670. The molecule has 0 saturated heterocycles. The van der Waals surface area contributed by atoms with Gasteiger partial charge >= 0.3 is 6.03 Å². The van der Waals surface area contributed by atoms with Crippen molar-refractivity contribution >= 4 is 41.0 Å². The number of rotatable bonds is 8. The highest BCUT2D eigenvalue weighted by Crippen LogP contribution is 2.32. The number of amides is 2. The Hall–Kier alpha value is -3.76. The number of anilines is 1. The molecular weight excluding hydrogens is 551 g/mol. The van der Waals surface area contributed by atoms with Crippen LogP contribution in [0.5, 0.6) is 0 Å². The van der Waals surface area contributed by atoms with E-state index in [1.165, 1.54) is 4.90 Å². The van der Waals surface area contributed by atoms with Crippen LogP contribution in [0.15, 0.2) is 87.6 Å². The third-order valence-corrected chi connectivity index (χ3v) is 8.49. The summed E-state index contributed by atoms with van der Waals surface area (Å²) in [5.74, 6) is 1.78. The van der Waals surface area contributed by atoms with Crippen molar-refractivity contribution in [2.75, 3.05) is 11.6 Å². The first-order chi connectivity index (χ1) is 19.6. The van der Waals surface area contributed by atoms with Crippen molar-refractivity contribution in [3.63, 3.8) is 0 Å². The second-order valence-corrected chi connectivity index (χ2v) is 13.0. The number of pyridine rings is 1. The second kappa shape index (κ2) is 12.0. The van der Waals surface area contributed by atoms with Crippen LogP contribution in [0.1, 0.15) is 57.6 Å². The maximum absolute atomic E-state index is 13.2. The van der Waals surface area contributed by atoms with Crippen LogP contribution in [0, 0.1) is 0 Å². The van der Waals surface area contributed by atoms with E-state index >= 15 is 0 Å². The van der Waals surface area contributed by atoms with E-state index in [4.69, 9.17) is 5.10 Å². The Morgan fingerprint density at radius 2 is 1.73 bits per heavy atom. The third-order valence-electron chi connectivity index (χ3n) is 6.60. The fraction of sp³-hybridized carbons (Fsp3) is 0.290. The lowest BCUT2D eigenvalue weighted by Crippen LogP contribution is -2.29. The van der Waals surface area contributed by atoms with Gasteiger partial charge in [-0.1, -0.05) is 70.6 Å². The van der Waals surface area contributed by atoms with Crippen LogP contribution in [0.4, 0.5) is 10.6 Å². The van der Waals surface area contributed by atoms with E-state index in [-0.39, 0.29) is 17.4 Å². The molecule has 0 radical (unpaired) electrons. The van der Waals surface area contributed by atoms with Gasteiger partial charge in [0.05, 0.1) is 16.4 Å². The summed E-state index contributed by atoms with van der Waals surface area (Å²) < 4.78 is 3.89. The molecule has 0 unspecified atom stereocenters. The second-order valence-electron chi connectivity index (χ2n) is 11.1. The number of hydrogen-bond acceptors (Lipinski definition) is 6. The number of nitrogens with one attached hydrogen (secondary N) is 2. The van der Waals surface area contributed by atoms with Gasteiger partial charge in [0.25, 0.3) is 0 Å². The smallest absolute Gasteiger partial charge is 0.320 e. The van der Waals surface area contributed by atoms with E-state index in [2.05, 4.69) is 84.1 Å². The molecule has 8 nitrogen and oxygen atoms in total. The third kappa shape index (κ3) is 6.44. The Morgan fingerprint density at radius 3 is 2.44 bits per heavy atom. The predicted octanol–water partition coefficient (Wildman–Crippen LogP) is 7.53. The van der Waals surface area contributed by atoms with Crippen LogP contribution < -0.4 is 10.6 Å². The van der Waals surface area contributed by atoms with Crippen LogP contribution in [0.2, 0.25) is 0 Å². The number of thioether (sulfide) groups is 1. The molecule has 3 aromatic heterocycles. The lowest BCUT2D eigenvalue weighted by molar-refractivity contribution is 0.251. The Morgan fingerprint density at radius 1 is 0.976 bits per heavy atom.